The van der Waals surface area contributed by atoms with Crippen molar-refractivity contribution in [2.24, 2.45) is 0 Å². The van der Waals surface area contributed by atoms with Crippen molar-refractivity contribution in [3.63, 3.8) is 0 Å². The maximum absolute atomic E-state index is 11.7. The van der Waals surface area contributed by atoms with E-state index in [1.54, 1.807) is 6.92 Å². The highest BCUT2D eigenvalue weighted by molar-refractivity contribution is 5.92. The summed E-state index contributed by atoms with van der Waals surface area (Å²) < 4.78 is 2.24. The fourth-order valence-corrected chi connectivity index (χ4v) is 3.56. The standard InChI is InChI=1S/C14H21N3O.2ClH/c1-11(18)12-3-4-13-14(5-7-15-8-6-14)16(2)9-10-17(12)13;;/h3-4,15H,5-10H2,1-2H3;2*1H. The van der Waals surface area contributed by atoms with E-state index in [4.69, 9.17) is 0 Å². The summed E-state index contributed by atoms with van der Waals surface area (Å²) in [6.45, 7) is 5.75. The highest BCUT2D eigenvalue weighted by atomic mass is 35.5. The zero-order valence-electron chi connectivity index (χ0n) is 12.0. The topological polar surface area (TPSA) is 37.3 Å². The van der Waals surface area contributed by atoms with Gasteiger partial charge in [-0.2, -0.15) is 0 Å². The molecule has 0 bridgehead atoms. The minimum Gasteiger partial charge on any atom is -0.339 e. The van der Waals surface area contributed by atoms with Gasteiger partial charge in [0, 0.05) is 25.7 Å². The summed E-state index contributed by atoms with van der Waals surface area (Å²) in [6, 6.07) is 4.17. The van der Waals surface area contributed by atoms with Crippen LogP contribution in [0.25, 0.3) is 0 Å². The number of nitrogens with zero attached hydrogens (tertiary/aromatic N) is 2. The van der Waals surface area contributed by atoms with Crippen LogP contribution in [0.5, 0.6) is 0 Å². The molecule has 0 radical (unpaired) electrons. The van der Waals surface area contributed by atoms with E-state index in [-0.39, 0.29) is 36.1 Å². The first kappa shape index (κ1) is 17.5. The van der Waals surface area contributed by atoms with Gasteiger partial charge in [0.05, 0.1) is 11.2 Å². The number of aromatic nitrogens is 1. The number of piperidine rings is 1. The number of hydrogen-bond donors (Lipinski definition) is 1. The number of carbonyl (C=O) groups is 1. The first-order valence-electron chi connectivity index (χ1n) is 6.78. The molecule has 2 aliphatic heterocycles. The Morgan fingerprint density at radius 2 is 1.85 bits per heavy atom. The molecule has 0 aromatic carbocycles. The van der Waals surface area contributed by atoms with Crippen LogP contribution in [0.3, 0.4) is 0 Å². The molecular weight excluding hydrogens is 297 g/mol. The highest BCUT2D eigenvalue weighted by Gasteiger charge is 2.42. The molecular formula is C14H23Cl2N3O. The van der Waals surface area contributed by atoms with Gasteiger partial charge in [-0.15, -0.1) is 24.8 Å². The summed E-state index contributed by atoms with van der Waals surface area (Å²) >= 11 is 0. The van der Waals surface area contributed by atoms with Crippen molar-refractivity contribution >= 4 is 30.6 Å². The minimum absolute atomic E-state index is 0. The molecule has 0 saturated carbocycles. The van der Waals surface area contributed by atoms with Gasteiger partial charge < -0.3 is 9.88 Å². The third kappa shape index (κ3) is 2.50. The number of nitrogens with one attached hydrogen (secondary N) is 1. The Balaban J connectivity index is 0.000001000. The second kappa shape index (κ2) is 6.48. The lowest BCUT2D eigenvalue weighted by atomic mass is 9.82. The lowest BCUT2D eigenvalue weighted by molar-refractivity contribution is 0.0474. The van der Waals surface area contributed by atoms with Crippen LogP contribution in [0.15, 0.2) is 12.1 Å². The summed E-state index contributed by atoms with van der Waals surface area (Å²) in [6.07, 6.45) is 2.26. The van der Waals surface area contributed by atoms with E-state index in [1.807, 2.05) is 6.07 Å². The summed E-state index contributed by atoms with van der Waals surface area (Å²) in [5.74, 6) is 0.176. The Bertz CT molecular complexity index is 481. The molecule has 0 amide bonds. The van der Waals surface area contributed by atoms with Crippen LogP contribution >= 0.6 is 24.8 Å². The summed E-state index contributed by atoms with van der Waals surface area (Å²) in [7, 11) is 2.22. The number of fused-ring (bicyclic) bond motifs is 2. The number of carbonyl (C=O) groups excluding carboxylic acids is 1. The molecule has 4 nitrogen and oxygen atoms in total. The largest absolute Gasteiger partial charge is 0.339 e. The van der Waals surface area contributed by atoms with Crippen molar-refractivity contribution in [1.82, 2.24) is 14.8 Å². The fraction of sp³-hybridized carbons (Fsp3) is 0.643. The number of halogens is 2. The molecule has 1 aromatic heterocycles. The molecule has 1 fully saturated rings. The quantitative estimate of drug-likeness (QED) is 0.805. The van der Waals surface area contributed by atoms with Crippen molar-refractivity contribution in [2.45, 2.75) is 31.8 Å². The van der Waals surface area contributed by atoms with Crippen molar-refractivity contribution in [3.8, 4) is 0 Å². The molecule has 1 aromatic rings. The summed E-state index contributed by atoms with van der Waals surface area (Å²) in [5.41, 5.74) is 2.34. The average Bonchev–Trinajstić information content (AvgIpc) is 2.80. The first-order chi connectivity index (χ1) is 8.65. The van der Waals surface area contributed by atoms with E-state index in [9.17, 15) is 4.79 Å². The third-order valence-corrected chi connectivity index (χ3v) is 4.64. The van der Waals surface area contributed by atoms with Gasteiger partial charge in [-0.3, -0.25) is 9.69 Å². The average molecular weight is 320 g/mol. The van der Waals surface area contributed by atoms with Crippen LogP contribution in [0, 0.1) is 0 Å². The molecule has 1 spiro atoms. The smallest absolute Gasteiger partial charge is 0.176 e. The number of hydrogen-bond acceptors (Lipinski definition) is 3. The van der Waals surface area contributed by atoms with Crippen LogP contribution in [0.4, 0.5) is 0 Å². The normalized spacial score (nSPS) is 20.7. The number of ketones is 1. The Hall–Kier alpha value is -0.550. The van der Waals surface area contributed by atoms with Gasteiger partial charge in [0.1, 0.15) is 0 Å². The second-order valence-electron chi connectivity index (χ2n) is 5.51. The molecule has 0 unspecified atom stereocenters. The Morgan fingerprint density at radius 3 is 2.45 bits per heavy atom. The Kier molecular flexibility index (Phi) is 5.67. The van der Waals surface area contributed by atoms with Crippen molar-refractivity contribution < 1.29 is 4.79 Å². The number of Topliss-reactive ketones (excluding diaryl/α,β-unsaturated/α-hetero) is 1. The molecule has 3 heterocycles. The van der Waals surface area contributed by atoms with Gasteiger partial charge in [-0.05, 0) is 45.1 Å². The first-order valence-corrected chi connectivity index (χ1v) is 6.78. The van der Waals surface area contributed by atoms with E-state index >= 15 is 0 Å². The highest BCUT2D eigenvalue weighted by Crippen LogP contribution is 2.39. The van der Waals surface area contributed by atoms with E-state index in [0.29, 0.717) is 0 Å². The number of rotatable bonds is 1. The molecule has 2 aliphatic rings. The lowest BCUT2D eigenvalue weighted by Crippen LogP contribution is -2.55. The van der Waals surface area contributed by atoms with E-state index in [1.165, 1.54) is 5.69 Å². The fourth-order valence-electron chi connectivity index (χ4n) is 3.56. The maximum atomic E-state index is 11.7. The molecule has 20 heavy (non-hydrogen) atoms. The van der Waals surface area contributed by atoms with Crippen LogP contribution in [0.1, 0.15) is 35.9 Å². The number of likely N-dealkylation sites (N-methyl/N-ethyl adjacent to an activating group) is 1. The lowest BCUT2D eigenvalue weighted by Gasteiger charge is -2.48. The van der Waals surface area contributed by atoms with Crippen molar-refractivity contribution in [2.75, 3.05) is 26.7 Å². The van der Waals surface area contributed by atoms with Gasteiger partial charge >= 0.3 is 0 Å². The van der Waals surface area contributed by atoms with Crippen LogP contribution < -0.4 is 5.32 Å². The van der Waals surface area contributed by atoms with Gasteiger partial charge in [0.2, 0.25) is 0 Å². The maximum Gasteiger partial charge on any atom is 0.176 e. The predicted octanol–water partition coefficient (Wildman–Crippen LogP) is 2.06. The molecule has 114 valence electrons. The Morgan fingerprint density at radius 1 is 1.20 bits per heavy atom. The predicted molar refractivity (Wildman–Crippen MR) is 85.3 cm³/mol. The van der Waals surface area contributed by atoms with E-state index in [0.717, 1.165) is 44.7 Å². The summed E-state index contributed by atoms with van der Waals surface area (Å²) in [4.78, 5) is 14.2. The van der Waals surface area contributed by atoms with Gasteiger partial charge in [0.15, 0.2) is 5.78 Å². The van der Waals surface area contributed by atoms with Gasteiger partial charge in [-0.25, -0.2) is 0 Å². The van der Waals surface area contributed by atoms with Gasteiger partial charge in [-0.1, -0.05) is 0 Å². The molecule has 0 atom stereocenters. The van der Waals surface area contributed by atoms with Crippen LogP contribution in [-0.2, 0) is 12.1 Å². The zero-order chi connectivity index (χ0) is 12.8. The third-order valence-electron chi connectivity index (χ3n) is 4.64. The molecule has 3 rings (SSSR count). The van der Waals surface area contributed by atoms with Gasteiger partial charge in [0.25, 0.3) is 0 Å². The molecule has 1 N–H and O–H groups in total. The van der Waals surface area contributed by atoms with Crippen molar-refractivity contribution in [1.29, 1.82) is 0 Å². The summed E-state index contributed by atoms with van der Waals surface area (Å²) in [5, 5.41) is 3.43. The molecule has 1 saturated heterocycles. The van der Waals surface area contributed by atoms with E-state index in [2.05, 4.69) is 27.9 Å². The van der Waals surface area contributed by atoms with Crippen molar-refractivity contribution in [3.05, 3.63) is 23.5 Å². The molecule has 6 heteroatoms. The Labute approximate surface area is 132 Å². The van der Waals surface area contributed by atoms with Crippen LogP contribution in [0.2, 0.25) is 0 Å². The zero-order valence-corrected chi connectivity index (χ0v) is 13.6. The van der Waals surface area contributed by atoms with Crippen LogP contribution in [-0.4, -0.2) is 41.9 Å². The minimum atomic E-state index is 0. The SMILES string of the molecule is CC(=O)c1ccc2n1CCN(C)C21CCNCC1.Cl.Cl. The second-order valence-corrected chi connectivity index (χ2v) is 5.51. The van der Waals surface area contributed by atoms with E-state index < -0.39 is 0 Å². The monoisotopic (exact) mass is 319 g/mol. The molecule has 0 aliphatic carbocycles.